The lowest BCUT2D eigenvalue weighted by Crippen LogP contribution is -2.16. The third-order valence-electron chi connectivity index (χ3n) is 1.92. The second-order valence-electron chi connectivity index (χ2n) is 2.91. The van der Waals surface area contributed by atoms with Crippen molar-refractivity contribution in [1.29, 1.82) is 5.26 Å². The normalized spacial score (nSPS) is 12.0. The molecule has 2 N–H and O–H groups in total. The standard InChI is InChI=1S/C11H14N2O/c12-7-4-8-14-11(9-13)10-5-2-1-3-6-10/h1-3,5-6,11H,4,8-9,13H2/t11-/m0/s1. The van der Waals surface area contributed by atoms with Gasteiger partial charge in [0, 0.05) is 6.54 Å². The molecule has 0 aromatic heterocycles. The maximum absolute atomic E-state index is 8.36. The van der Waals surface area contributed by atoms with E-state index in [0.717, 1.165) is 5.56 Å². The molecule has 0 heterocycles. The number of ether oxygens (including phenoxy) is 1. The average Bonchev–Trinajstić information content (AvgIpc) is 2.26. The van der Waals surface area contributed by atoms with Gasteiger partial charge in [0.2, 0.25) is 0 Å². The van der Waals surface area contributed by atoms with Crippen LogP contribution in [0.3, 0.4) is 0 Å². The first-order chi connectivity index (χ1) is 6.88. The molecule has 0 saturated carbocycles. The van der Waals surface area contributed by atoms with Gasteiger partial charge in [-0.1, -0.05) is 30.3 Å². The molecule has 0 saturated heterocycles. The molecule has 0 bridgehead atoms. The third kappa shape index (κ3) is 3.17. The molecular formula is C11H14N2O. The van der Waals surface area contributed by atoms with E-state index in [1.165, 1.54) is 0 Å². The largest absolute Gasteiger partial charge is 0.371 e. The number of rotatable bonds is 5. The van der Waals surface area contributed by atoms with Crippen molar-refractivity contribution < 1.29 is 4.74 Å². The van der Waals surface area contributed by atoms with Gasteiger partial charge in [0.25, 0.3) is 0 Å². The van der Waals surface area contributed by atoms with Gasteiger partial charge >= 0.3 is 0 Å². The van der Waals surface area contributed by atoms with Crippen molar-refractivity contribution in [2.45, 2.75) is 12.5 Å². The van der Waals surface area contributed by atoms with E-state index in [2.05, 4.69) is 0 Å². The first kappa shape index (κ1) is 10.7. The van der Waals surface area contributed by atoms with Crippen LogP contribution in [0.2, 0.25) is 0 Å². The van der Waals surface area contributed by atoms with E-state index in [9.17, 15) is 0 Å². The summed E-state index contributed by atoms with van der Waals surface area (Å²) in [5.74, 6) is 0. The fourth-order valence-electron chi connectivity index (χ4n) is 1.21. The fraction of sp³-hybridized carbons (Fsp3) is 0.364. The molecule has 14 heavy (non-hydrogen) atoms. The number of benzene rings is 1. The summed E-state index contributed by atoms with van der Waals surface area (Å²) in [6.45, 7) is 0.878. The topological polar surface area (TPSA) is 59.0 Å². The Morgan fingerprint density at radius 1 is 1.36 bits per heavy atom. The highest BCUT2D eigenvalue weighted by Gasteiger charge is 2.08. The molecule has 3 heteroatoms. The van der Waals surface area contributed by atoms with E-state index < -0.39 is 0 Å². The summed E-state index contributed by atoms with van der Waals surface area (Å²) in [5.41, 5.74) is 6.64. The smallest absolute Gasteiger partial charge is 0.0947 e. The first-order valence-corrected chi connectivity index (χ1v) is 4.62. The molecule has 0 unspecified atom stereocenters. The molecule has 0 spiro atoms. The summed E-state index contributed by atoms with van der Waals surface area (Å²) in [7, 11) is 0. The van der Waals surface area contributed by atoms with Gasteiger partial charge in [-0.3, -0.25) is 0 Å². The predicted molar refractivity (Wildman–Crippen MR) is 54.4 cm³/mol. The van der Waals surface area contributed by atoms with Crippen molar-refractivity contribution in [2.75, 3.05) is 13.2 Å². The number of nitrogens with two attached hydrogens (primary N) is 1. The zero-order chi connectivity index (χ0) is 10.2. The zero-order valence-electron chi connectivity index (χ0n) is 8.02. The highest BCUT2D eigenvalue weighted by molar-refractivity contribution is 5.17. The summed E-state index contributed by atoms with van der Waals surface area (Å²) in [6, 6.07) is 11.8. The highest BCUT2D eigenvalue weighted by Crippen LogP contribution is 2.15. The number of nitriles is 1. The second-order valence-corrected chi connectivity index (χ2v) is 2.91. The second kappa shape index (κ2) is 6.14. The Morgan fingerprint density at radius 2 is 2.07 bits per heavy atom. The predicted octanol–water partition coefficient (Wildman–Crippen LogP) is 1.62. The molecule has 0 amide bonds. The van der Waals surface area contributed by atoms with Crippen LogP contribution in [0.25, 0.3) is 0 Å². The quantitative estimate of drug-likeness (QED) is 0.718. The lowest BCUT2D eigenvalue weighted by molar-refractivity contribution is 0.0627. The lowest BCUT2D eigenvalue weighted by atomic mass is 10.1. The molecule has 0 aliphatic carbocycles. The van der Waals surface area contributed by atoms with Crippen molar-refractivity contribution in [3.8, 4) is 6.07 Å². The van der Waals surface area contributed by atoms with Crippen LogP contribution >= 0.6 is 0 Å². The molecule has 3 nitrogen and oxygen atoms in total. The Balaban J connectivity index is 2.51. The Bertz CT molecular complexity index is 292. The van der Waals surface area contributed by atoms with Gasteiger partial charge in [-0.25, -0.2) is 0 Å². The van der Waals surface area contributed by atoms with Crippen molar-refractivity contribution in [2.24, 2.45) is 5.73 Å². The van der Waals surface area contributed by atoms with Crippen LogP contribution in [-0.4, -0.2) is 13.2 Å². The Morgan fingerprint density at radius 3 is 2.64 bits per heavy atom. The van der Waals surface area contributed by atoms with Crippen LogP contribution in [0.4, 0.5) is 0 Å². The van der Waals surface area contributed by atoms with Gasteiger partial charge in [-0.2, -0.15) is 5.26 Å². The van der Waals surface area contributed by atoms with E-state index >= 15 is 0 Å². The minimum atomic E-state index is -0.0930. The summed E-state index contributed by atoms with van der Waals surface area (Å²) < 4.78 is 5.47. The van der Waals surface area contributed by atoms with Crippen molar-refractivity contribution >= 4 is 0 Å². The Labute approximate surface area is 84.1 Å². The minimum Gasteiger partial charge on any atom is -0.371 e. The molecular weight excluding hydrogens is 176 g/mol. The summed E-state index contributed by atoms with van der Waals surface area (Å²) in [5, 5.41) is 8.36. The fourth-order valence-corrected chi connectivity index (χ4v) is 1.21. The lowest BCUT2D eigenvalue weighted by Gasteiger charge is -2.15. The van der Waals surface area contributed by atoms with Crippen LogP contribution in [0.5, 0.6) is 0 Å². The van der Waals surface area contributed by atoms with Crippen LogP contribution < -0.4 is 5.73 Å². The molecule has 1 rings (SSSR count). The Kier molecular flexibility index (Phi) is 4.70. The number of hydrogen-bond donors (Lipinski definition) is 1. The molecule has 0 fully saturated rings. The van der Waals surface area contributed by atoms with Crippen LogP contribution in [0.1, 0.15) is 18.1 Å². The maximum Gasteiger partial charge on any atom is 0.0947 e. The minimum absolute atomic E-state index is 0.0930. The van der Waals surface area contributed by atoms with E-state index in [-0.39, 0.29) is 6.10 Å². The van der Waals surface area contributed by atoms with E-state index in [0.29, 0.717) is 19.6 Å². The van der Waals surface area contributed by atoms with E-state index in [1.807, 2.05) is 36.4 Å². The average molecular weight is 190 g/mol. The first-order valence-electron chi connectivity index (χ1n) is 4.62. The summed E-state index contributed by atoms with van der Waals surface area (Å²) in [4.78, 5) is 0. The SMILES string of the molecule is N#CCCO[C@@H](CN)c1ccccc1. The van der Waals surface area contributed by atoms with E-state index in [1.54, 1.807) is 0 Å². The Hall–Kier alpha value is -1.37. The van der Waals surface area contributed by atoms with Crippen molar-refractivity contribution in [3.63, 3.8) is 0 Å². The summed E-state index contributed by atoms with van der Waals surface area (Å²) in [6.07, 6.45) is 0.313. The van der Waals surface area contributed by atoms with E-state index in [4.69, 9.17) is 15.7 Å². The van der Waals surface area contributed by atoms with Gasteiger partial charge in [-0.05, 0) is 5.56 Å². The zero-order valence-corrected chi connectivity index (χ0v) is 8.02. The van der Waals surface area contributed by atoms with Crippen molar-refractivity contribution in [1.82, 2.24) is 0 Å². The molecule has 1 atom stereocenters. The van der Waals surface area contributed by atoms with Crippen LogP contribution in [0.15, 0.2) is 30.3 Å². The molecule has 0 aliphatic heterocycles. The summed E-state index contributed by atoms with van der Waals surface area (Å²) >= 11 is 0. The third-order valence-corrected chi connectivity index (χ3v) is 1.92. The number of nitrogens with zero attached hydrogens (tertiary/aromatic N) is 1. The molecule has 1 aromatic carbocycles. The highest BCUT2D eigenvalue weighted by atomic mass is 16.5. The van der Waals surface area contributed by atoms with Gasteiger partial charge < -0.3 is 10.5 Å². The molecule has 0 radical (unpaired) electrons. The number of hydrogen-bond acceptors (Lipinski definition) is 3. The van der Waals surface area contributed by atoms with Gasteiger partial charge in [-0.15, -0.1) is 0 Å². The monoisotopic (exact) mass is 190 g/mol. The molecule has 1 aromatic rings. The van der Waals surface area contributed by atoms with Crippen molar-refractivity contribution in [3.05, 3.63) is 35.9 Å². The van der Waals surface area contributed by atoms with Gasteiger partial charge in [0.1, 0.15) is 0 Å². The van der Waals surface area contributed by atoms with Crippen LogP contribution in [-0.2, 0) is 4.74 Å². The molecule has 0 aliphatic rings. The van der Waals surface area contributed by atoms with Gasteiger partial charge in [0.05, 0.1) is 25.2 Å². The maximum atomic E-state index is 8.36. The molecule has 74 valence electrons. The van der Waals surface area contributed by atoms with Gasteiger partial charge in [0.15, 0.2) is 0 Å². The van der Waals surface area contributed by atoms with Crippen LogP contribution in [0, 0.1) is 11.3 Å².